The van der Waals surface area contributed by atoms with E-state index in [2.05, 4.69) is 9.47 Å². The summed E-state index contributed by atoms with van der Waals surface area (Å²) in [7, 11) is 1.28. The maximum atomic E-state index is 15.0. The number of methoxy groups -OCH3 is 2. The molecule has 2 saturated carbocycles. The Bertz CT molecular complexity index is 1640. The van der Waals surface area contributed by atoms with Crippen molar-refractivity contribution in [1.29, 1.82) is 0 Å². The molecule has 306 valence electrons. The molecule has 0 atom stereocenters. The molecule has 2 aromatic carbocycles. The number of alkyl halides is 20. The Morgan fingerprint density at radius 3 is 0.833 bits per heavy atom. The minimum Gasteiger partial charge on any atom is -0.495 e. The van der Waals surface area contributed by atoms with Crippen molar-refractivity contribution in [2.24, 2.45) is 0 Å². The lowest BCUT2D eigenvalue weighted by atomic mass is 9.83. The van der Waals surface area contributed by atoms with Crippen LogP contribution in [0.5, 0.6) is 11.5 Å². The highest BCUT2D eigenvalue weighted by Crippen LogP contribution is 2.68. The van der Waals surface area contributed by atoms with Crippen LogP contribution in [0.3, 0.4) is 0 Å². The number of hydrogen-bond donors (Lipinski definition) is 2. The molecule has 0 heterocycles. The van der Waals surface area contributed by atoms with Crippen molar-refractivity contribution in [3.63, 3.8) is 0 Å². The van der Waals surface area contributed by atoms with Gasteiger partial charge in [-0.05, 0) is 72.9 Å². The topological polar surface area (TPSA) is 70.5 Å². The maximum absolute atomic E-state index is 15.0. The smallest absolute Gasteiger partial charge is 0.385 e. The molecule has 4 rings (SSSR count). The highest BCUT2D eigenvalue weighted by atomic mass is 19.4. The number of anilines is 2. The standard InChI is InChI=1S/C30H24F20N2O2/c1-53-17-9-13(7-15(19(17)51)11-3-4-11)21(31,32)23(35,36)25(39,40)27(43,44)29(47,48)30(49,50)28(45,46)26(41,42)24(37,38)22(33,34)14-8-16(12-5-6-12)20(52)18(10-14)54-2/h7-12H,3-6,51-52H2,1-2H3. The van der Waals surface area contributed by atoms with Crippen molar-refractivity contribution in [3.05, 3.63) is 46.5 Å². The Morgan fingerprint density at radius 2 is 0.630 bits per heavy atom. The van der Waals surface area contributed by atoms with Crippen molar-refractivity contribution in [2.45, 2.75) is 96.7 Å². The molecule has 0 aromatic heterocycles. The molecule has 2 aliphatic carbocycles. The van der Waals surface area contributed by atoms with Crippen LogP contribution in [0.15, 0.2) is 24.3 Å². The molecule has 0 unspecified atom stereocenters. The van der Waals surface area contributed by atoms with E-state index < -0.39 is 116 Å². The number of ether oxygens (including phenoxy) is 2. The molecule has 4 N–H and O–H groups in total. The van der Waals surface area contributed by atoms with E-state index in [-0.39, 0.29) is 49.9 Å². The van der Waals surface area contributed by atoms with Crippen LogP contribution < -0.4 is 20.9 Å². The first-order chi connectivity index (χ1) is 24.1. The second-order valence-electron chi connectivity index (χ2n) is 12.7. The van der Waals surface area contributed by atoms with Crippen LogP contribution in [0.25, 0.3) is 0 Å². The van der Waals surface area contributed by atoms with Gasteiger partial charge in [-0.3, -0.25) is 0 Å². The van der Waals surface area contributed by atoms with Gasteiger partial charge in [0.05, 0.1) is 25.6 Å². The third kappa shape index (κ3) is 5.55. The number of halogens is 20. The fourth-order valence-corrected chi connectivity index (χ4v) is 5.40. The highest BCUT2D eigenvalue weighted by molar-refractivity contribution is 5.64. The lowest BCUT2D eigenvalue weighted by molar-refractivity contribution is -0.470. The van der Waals surface area contributed by atoms with E-state index in [9.17, 15) is 70.2 Å². The first kappa shape index (κ1) is 43.0. The van der Waals surface area contributed by atoms with Gasteiger partial charge >= 0.3 is 59.2 Å². The number of nitrogens with two attached hydrogens (primary N) is 2. The van der Waals surface area contributed by atoms with Crippen LogP contribution in [0, 0.1) is 0 Å². The summed E-state index contributed by atoms with van der Waals surface area (Å²) >= 11 is 0. The fourth-order valence-electron chi connectivity index (χ4n) is 5.40. The van der Waals surface area contributed by atoms with E-state index >= 15 is 17.6 Å². The normalized spacial score (nSPS) is 17.5. The molecule has 0 radical (unpaired) electrons. The molecule has 2 fully saturated rings. The van der Waals surface area contributed by atoms with Crippen molar-refractivity contribution in [1.82, 2.24) is 0 Å². The average molecular weight is 824 g/mol. The quantitative estimate of drug-likeness (QED) is 0.139. The van der Waals surface area contributed by atoms with Crippen LogP contribution in [-0.2, 0) is 11.8 Å². The number of nitrogen functional groups attached to an aromatic ring is 2. The summed E-state index contributed by atoms with van der Waals surface area (Å²) in [6.45, 7) is 0. The molecular formula is C30H24F20N2O2. The molecule has 0 saturated heterocycles. The molecule has 4 nitrogen and oxygen atoms in total. The summed E-state index contributed by atoms with van der Waals surface area (Å²) < 4.78 is 304. The summed E-state index contributed by atoms with van der Waals surface area (Å²) in [5.74, 6) is -87.3. The SMILES string of the molecule is COc1cc(C(F)(F)C(F)(F)C(F)(F)C(F)(F)C(F)(F)C(F)(F)C(F)(F)C(F)(F)C(F)(F)C(F)(F)c2cc(OC)c(N)c(C3CC3)c2)cc(C2CC2)c1N. The van der Waals surface area contributed by atoms with E-state index in [0.717, 1.165) is 0 Å². The average Bonchev–Trinajstić information content (AvgIpc) is 3.98. The van der Waals surface area contributed by atoms with Crippen LogP contribution in [-0.4, -0.2) is 61.6 Å². The first-order valence-electron chi connectivity index (χ1n) is 14.9. The zero-order valence-corrected chi connectivity index (χ0v) is 26.8. The molecule has 0 spiro atoms. The maximum Gasteiger partial charge on any atom is 0.385 e. The Labute approximate surface area is 289 Å². The molecule has 0 amide bonds. The van der Waals surface area contributed by atoms with Crippen molar-refractivity contribution in [2.75, 3.05) is 25.7 Å². The second kappa shape index (κ2) is 12.4. The van der Waals surface area contributed by atoms with E-state index in [1.54, 1.807) is 0 Å². The third-order valence-electron chi connectivity index (χ3n) is 9.10. The Balaban J connectivity index is 1.80. The Kier molecular flexibility index (Phi) is 9.85. The minimum atomic E-state index is -9.15. The van der Waals surface area contributed by atoms with Gasteiger partial charge in [-0.2, -0.15) is 87.8 Å². The van der Waals surface area contributed by atoms with Crippen molar-refractivity contribution < 1.29 is 97.3 Å². The summed E-state index contributed by atoms with van der Waals surface area (Å²) in [4.78, 5) is 0. The molecule has 0 bridgehead atoms. The van der Waals surface area contributed by atoms with Crippen LogP contribution in [0.2, 0.25) is 0 Å². The molecular weight excluding hydrogens is 800 g/mol. The zero-order chi connectivity index (χ0) is 41.8. The van der Waals surface area contributed by atoms with E-state index in [1.807, 2.05) is 0 Å². The summed E-state index contributed by atoms with van der Waals surface area (Å²) in [6.07, 6.45) is 0.364. The highest BCUT2D eigenvalue weighted by Gasteiger charge is 2.97. The first-order valence-corrected chi connectivity index (χ1v) is 14.9. The lowest BCUT2D eigenvalue weighted by Gasteiger charge is -2.45. The van der Waals surface area contributed by atoms with E-state index in [0.29, 0.717) is 14.2 Å². The summed E-state index contributed by atoms with van der Waals surface area (Å²) in [5.41, 5.74) is 3.91. The molecule has 0 aliphatic heterocycles. The van der Waals surface area contributed by atoms with Crippen molar-refractivity contribution in [3.8, 4) is 11.5 Å². The van der Waals surface area contributed by atoms with Gasteiger partial charge in [-0.25, -0.2) is 0 Å². The van der Waals surface area contributed by atoms with Gasteiger partial charge in [-0.15, -0.1) is 0 Å². The van der Waals surface area contributed by atoms with Gasteiger partial charge in [-0.1, -0.05) is 0 Å². The monoisotopic (exact) mass is 824 g/mol. The summed E-state index contributed by atoms with van der Waals surface area (Å²) in [5, 5.41) is 0. The van der Waals surface area contributed by atoms with Gasteiger partial charge in [0.1, 0.15) is 11.5 Å². The summed E-state index contributed by atoms with van der Waals surface area (Å²) in [6, 6.07) is -0.800. The fraction of sp³-hybridized carbons (Fsp3) is 0.600. The van der Waals surface area contributed by atoms with Crippen LogP contribution >= 0.6 is 0 Å². The van der Waals surface area contributed by atoms with Gasteiger partial charge in [0.15, 0.2) is 0 Å². The number of hydrogen-bond acceptors (Lipinski definition) is 4. The predicted molar refractivity (Wildman–Crippen MR) is 146 cm³/mol. The van der Waals surface area contributed by atoms with Gasteiger partial charge in [0.2, 0.25) is 0 Å². The molecule has 2 aromatic rings. The molecule has 54 heavy (non-hydrogen) atoms. The van der Waals surface area contributed by atoms with Gasteiger partial charge in [0, 0.05) is 11.1 Å². The second-order valence-corrected chi connectivity index (χ2v) is 12.7. The van der Waals surface area contributed by atoms with Crippen molar-refractivity contribution >= 4 is 11.4 Å². The van der Waals surface area contributed by atoms with Gasteiger partial charge < -0.3 is 20.9 Å². The largest absolute Gasteiger partial charge is 0.495 e. The van der Waals surface area contributed by atoms with Gasteiger partial charge in [0.25, 0.3) is 0 Å². The third-order valence-corrected chi connectivity index (χ3v) is 9.10. The van der Waals surface area contributed by atoms with Crippen LogP contribution in [0.4, 0.5) is 99.2 Å². The Morgan fingerprint density at radius 1 is 0.407 bits per heavy atom. The van der Waals surface area contributed by atoms with E-state index in [1.165, 1.54) is 0 Å². The minimum absolute atomic E-state index is 0.0911. The predicted octanol–water partition coefficient (Wildman–Crippen LogP) is 10.6. The number of benzene rings is 2. The van der Waals surface area contributed by atoms with Crippen LogP contribution in [0.1, 0.15) is 59.8 Å². The van der Waals surface area contributed by atoms with E-state index in [4.69, 9.17) is 11.5 Å². The Hall–Kier alpha value is -3.76. The zero-order valence-electron chi connectivity index (χ0n) is 26.8. The molecule has 2 aliphatic rings. The lowest BCUT2D eigenvalue weighted by Crippen LogP contribution is -2.76. The number of rotatable bonds is 15. The molecule has 24 heteroatoms.